The third kappa shape index (κ3) is 7.13. The number of carbonyl (C=O) groups is 1. The van der Waals surface area contributed by atoms with Gasteiger partial charge in [0.2, 0.25) is 15.9 Å². The number of nitrogens with zero attached hydrogens (tertiary/aromatic N) is 2. The SMILES string of the molecule is CS(=O)(=O)N1CCCN(C(=O)CCCOCCc2ccccc2)CC1. The van der Waals surface area contributed by atoms with Gasteiger partial charge in [0.15, 0.2) is 0 Å². The van der Waals surface area contributed by atoms with Crippen molar-refractivity contribution in [1.29, 1.82) is 0 Å². The van der Waals surface area contributed by atoms with Crippen LogP contribution in [0, 0.1) is 0 Å². The van der Waals surface area contributed by atoms with Gasteiger partial charge in [-0.15, -0.1) is 0 Å². The molecule has 1 fully saturated rings. The molecule has 0 bridgehead atoms. The molecule has 140 valence electrons. The molecule has 1 aromatic rings. The van der Waals surface area contributed by atoms with Gasteiger partial charge in [0.1, 0.15) is 0 Å². The Morgan fingerprint density at radius 3 is 2.56 bits per heavy atom. The molecule has 0 radical (unpaired) electrons. The average Bonchev–Trinajstić information content (AvgIpc) is 2.85. The van der Waals surface area contributed by atoms with Crippen LogP contribution in [0.25, 0.3) is 0 Å². The van der Waals surface area contributed by atoms with Gasteiger partial charge in [-0.25, -0.2) is 12.7 Å². The van der Waals surface area contributed by atoms with E-state index in [0.29, 0.717) is 58.7 Å². The second-order valence-electron chi connectivity index (χ2n) is 6.35. The molecule has 1 aliphatic heterocycles. The molecule has 1 amide bonds. The van der Waals surface area contributed by atoms with Crippen LogP contribution in [0.4, 0.5) is 0 Å². The summed E-state index contributed by atoms with van der Waals surface area (Å²) in [6, 6.07) is 10.2. The van der Waals surface area contributed by atoms with Crippen molar-refractivity contribution in [2.24, 2.45) is 0 Å². The highest BCUT2D eigenvalue weighted by Gasteiger charge is 2.23. The van der Waals surface area contributed by atoms with E-state index in [-0.39, 0.29) is 5.91 Å². The van der Waals surface area contributed by atoms with Gasteiger partial charge in [0.25, 0.3) is 0 Å². The van der Waals surface area contributed by atoms with Crippen molar-refractivity contribution < 1.29 is 17.9 Å². The Morgan fingerprint density at radius 1 is 1.08 bits per heavy atom. The molecular formula is C18H28N2O4S. The van der Waals surface area contributed by atoms with Gasteiger partial charge in [0.05, 0.1) is 12.9 Å². The molecule has 0 aliphatic carbocycles. The maximum atomic E-state index is 12.3. The Labute approximate surface area is 150 Å². The maximum Gasteiger partial charge on any atom is 0.222 e. The lowest BCUT2D eigenvalue weighted by atomic mass is 10.2. The van der Waals surface area contributed by atoms with E-state index >= 15 is 0 Å². The van der Waals surface area contributed by atoms with Crippen LogP contribution >= 0.6 is 0 Å². The van der Waals surface area contributed by atoms with Crippen LogP contribution in [-0.2, 0) is 26.0 Å². The summed E-state index contributed by atoms with van der Waals surface area (Å²) in [4.78, 5) is 14.0. The molecule has 6 nitrogen and oxygen atoms in total. The maximum absolute atomic E-state index is 12.3. The first-order valence-electron chi connectivity index (χ1n) is 8.81. The molecule has 1 heterocycles. The average molecular weight is 368 g/mol. The molecule has 25 heavy (non-hydrogen) atoms. The zero-order valence-electron chi connectivity index (χ0n) is 14.9. The zero-order chi connectivity index (χ0) is 18.1. The third-order valence-corrected chi connectivity index (χ3v) is 5.64. The van der Waals surface area contributed by atoms with Crippen molar-refractivity contribution >= 4 is 15.9 Å². The van der Waals surface area contributed by atoms with Crippen molar-refractivity contribution in [3.05, 3.63) is 35.9 Å². The third-order valence-electron chi connectivity index (χ3n) is 4.33. The number of hydrogen-bond acceptors (Lipinski definition) is 4. The second-order valence-corrected chi connectivity index (χ2v) is 8.33. The largest absolute Gasteiger partial charge is 0.381 e. The minimum atomic E-state index is -3.17. The summed E-state index contributed by atoms with van der Waals surface area (Å²) in [6.45, 7) is 3.21. The minimum Gasteiger partial charge on any atom is -0.381 e. The van der Waals surface area contributed by atoms with Crippen LogP contribution < -0.4 is 0 Å². The Morgan fingerprint density at radius 2 is 1.84 bits per heavy atom. The van der Waals surface area contributed by atoms with Gasteiger partial charge in [-0.1, -0.05) is 30.3 Å². The predicted octanol–water partition coefficient (Wildman–Crippen LogP) is 1.52. The number of rotatable bonds is 8. The highest BCUT2D eigenvalue weighted by atomic mass is 32.2. The molecule has 0 unspecified atom stereocenters. The lowest BCUT2D eigenvalue weighted by Gasteiger charge is -2.21. The Balaban J connectivity index is 1.60. The van der Waals surface area contributed by atoms with E-state index in [1.54, 1.807) is 4.90 Å². The molecule has 0 N–H and O–H groups in total. The fraction of sp³-hybridized carbons (Fsp3) is 0.611. The highest BCUT2D eigenvalue weighted by Crippen LogP contribution is 2.09. The molecule has 1 aromatic carbocycles. The second kappa shape index (κ2) is 9.89. The monoisotopic (exact) mass is 368 g/mol. The number of carbonyl (C=O) groups excluding carboxylic acids is 1. The van der Waals surface area contributed by atoms with Crippen molar-refractivity contribution in [3.63, 3.8) is 0 Å². The van der Waals surface area contributed by atoms with E-state index in [1.807, 2.05) is 18.2 Å². The molecule has 1 saturated heterocycles. The number of sulfonamides is 1. The Hall–Kier alpha value is -1.44. The minimum absolute atomic E-state index is 0.0852. The summed E-state index contributed by atoms with van der Waals surface area (Å²) >= 11 is 0. The molecule has 2 rings (SSSR count). The predicted molar refractivity (Wildman–Crippen MR) is 97.8 cm³/mol. The van der Waals surface area contributed by atoms with Crippen molar-refractivity contribution in [1.82, 2.24) is 9.21 Å². The first kappa shape index (κ1) is 19.9. The fourth-order valence-electron chi connectivity index (χ4n) is 2.90. The van der Waals surface area contributed by atoms with Gasteiger partial charge in [-0.2, -0.15) is 0 Å². The Bertz CT molecular complexity index is 634. The molecule has 0 aromatic heterocycles. The molecule has 1 aliphatic rings. The van der Waals surface area contributed by atoms with E-state index in [9.17, 15) is 13.2 Å². The van der Waals surface area contributed by atoms with E-state index in [2.05, 4.69) is 12.1 Å². The van der Waals surface area contributed by atoms with Crippen molar-refractivity contribution in [3.8, 4) is 0 Å². The quantitative estimate of drug-likeness (QED) is 0.653. The number of benzene rings is 1. The number of hydrogen-bond donors (Lipinski definition) is 0. The summed E-state index contributed by atoms with van der Waals surface area (Å²) in [5.74, 6) is 0.0852. The van der Waals surface area contributed by atoms with Crippen LogP contribution in [0.5, 0.6) is 0 Å². The van der Waals surface area contributed by atoms with Gasteiger partial charge in [-0.05, 0) is 24.8 Å². The van der Waals surface area contributed by atoms with Gasteiger partial charge in [0, 0.05) is 39.2 Å². The van der Waals surface area contributed by atoms with Crippen LogP contribution in [0.15, 0.2) is 30.3 Å². The van der Waals surface area contributed by atoms with Crippen molar-refractivity contribution in [2.45, 2.75) is 25.7 Å². The normalized spacial score (nSPS) is 16.6. The molecule has 0 atom stereocenters. The zero-order valence-corrected chi connectivity index (χ0v) is 15.7. The smallest absolute Gasteiger partial charge is 0.222 e. The van der Waals surface area contributed by atoms with E-state index in [1.165, 1.54) is 16.1 Å². The first-order valence-corrected chi connectivity index (χ1v) is 10.7. The van der Waals surface area contributed by atoms with Gasteiger partial charge >= 0.3 is 0 Å². The van der Waals surface area contributed by atoms with Crippen LogP contribution in [0.1, 0.15) is 24.8 Å². The fourth-order valence-corrected chi connectivity index (χ4v) is 3.77. The molecule has 0 saturated carbocycles. The highest BCUT2D eigenvalue weighted by molar-refractivity contribution is 7.88. The molecule has 0 spiro atoms. The van der Waals surface area contributed by atoms with Gasteiger partial charge < -0.3 is 9.64 Å². The molecule has 7 heteroatoms. The van der Waals surface area contributed by atoms with E-state index in [0.717, 1.165) is 6.42 Å². The topological polar surface area (TPSA) is 66.9 Å². The van der Waals surface area contributed by atoms with Crippen molar-refractivity contribution in [2.75, 3.05) is 45.6 Å². The lowest BCUT2D eigenvalue weighted by Crippen LogP contribution is -2.36. The van der Waals surface area contributed by atoms with Gasteiger partial charge in [-0.3, -0.25) is 4.79 Å². The van der Waals surface area contributed by atoms with E-state index in [4.69, 9.17) is 4.74 Å². The number of amides is 1. The molecular weight excluding hydrogens is 340 g/mol. The summed E-state index contributed by atoms with van der Waals surface area (Å²) in [5.41, 5.74) is 1.25. The van der Waals surface area contributed by atoms with Crippen LogP contribution in [0.2, 0.25) is 0 Å². The number of ether oxygens (including phenoxy) is 1. The summed E-state index contributed by atoms with van der Waals surface area (Å²) in [7, 11) is -3.17. The van der Waals surface area contributed by atoms with Crippen LogP contribution in [0.3, 0.4) is 0 Å². The van der Waals surface area contributed by atoms with E-state index < -0.39 is 10.0 Å². The Kier molecular flexibility index (Phi) is 7.87. The first-order chi connectivity index (χ1) is 12.0. The summed E-state index contributed by atoms with van der Waals surface area (Å²) in [5, 5.41) is 0. The lowest BCUT2D eigenvalue weighted by molar-refractivity contribution is -0.131. The summed E-state index contributed by atoms with van der Waals surface area (Å²) < 4.78 is 30.2. The standard InChI is InChI=1S/C18H28N2O4S/c1-25(22,23)20-12-6-11-19(13-14-20)18(21)9-5-15-24-16-10-17-7-3-2-4-8-17/h2-4,7-8H,5-6,9-16H2,1H3. The van der Waals surface area contributed by atoms with Crippen LogP contribution in [-0.4, -0.2) is 69.2 Å². The summed E-state index contributed by atoms with van der Waals surface area (Å²) in [6.07, 6.45) is 3.93.